The first-order chi connectivity index (χ1) is 11.8. The van der Waals surface area contributed by atoms with Crippen LogP contribution in [0.25, 0.3) is 0 Å². The summed E-state index contributed by atoms with van der Waals surface area (Å²) in [6.45, 7) is 5.62. The van der Waals surface area contributed by atoms with E-state index in [1.54, 1.807) is 0 Å². The van der Waals surface area contributed by atoms with Gasteiger partial charge in [-0.05, 0) is 51.7 Å². The molecule has 0 spiro atoms. The molecule has 134 valence electrons. The van der Waals surface area contributed by atoms with E-state index >= 15 is 0 Å². The predicted molar refractivity (Wildman–Crippen MR) is 105 cm³/mol. The second kappa shape index (κ2) is 8.17. The summed E-state index contributed by atoms with van der Waals surface area (Å²) in [6.07, 6.45) is 0. The third-order valence-electron chi connectivity index (χ3n) is 4.70. The summed E-state index contributed by atoms with van der Waals surface area (Å²) in [6, 6.07) is 18.1. The maximum absolute atomic E-state index is 12.5. The Bertz CT molecular complexity index is 695. The first-order valence-corrected chi connectivity index (χ1v) is 8.60. The number of likely N-dealkylation sites (N-methyl/N-ethyl adjacent to an activating group) is 1. The van der Waals surface area contributed by atoms with Gasteiger partial charge in [-0.3, -0.25) is 4.79 Å². The van der Waals surface area contributed by atoms with Crippen LogP contribution in [0, 0.1) is 0 Å². The van der Waals surface area contributed by atoms with Gasteiger partial charge in [0, 0.05) is 36.9 Å². The van der Waals surface area contributed by atoms with Crippen LogP contribution in [0.2, 0.25) is 0 Å². The van der Waals surface area contributed by atoms with Crippen molar-refractivity contribution in [2.45, 2.75) is 25.9 Å². The van der Waals surface area contributed by atoms with Gasteiger partial charge >= 0.3 is 0 Å². The third kappa shape index (κ3) is 5.33. The molecule has 0 bridgehead atoms. The molecule has 4 nitrogen and oxygen atoms in total. The lowest BCUT2D eigenvalue weighted by molar-refractivity contribution is 0.0919. The van der Waals surface area contributed by atoms with Crippen molar-refractivity contribution in [1.82, 2.24) is 10.2 Å². The minimum absolute atomic E-state index is 0.0371. The van der Waals surface area contributed by atoms with Crippen molar-refractivity contribution < 1.29 is 4.79 Å². The van der Waals surface area contributed by atoms with E-state index < -0.39 is 0 Å². The van der Waals surface area contributed by atoms with Gasteiger partial charge in [-0.2, -0.15) is 0 Å². The summed E-state index contributed by atoms with van der Waals surface area (Å²) in [5.41, 5.74) is 2.88. The fourth-order valence-electron chi connectivity index (χ4n) is 2.39. The van der Waals surface area contributed by atoms with Crippen LogP contribution >= 0.6 is 0 Å². The quantitative estimate of drug-likeness (QED) is 0.840. The number of nitrogens with zero attached hydrogens (tertiary/aromatic N) is 2. The maximum Gasteiger partial charge on any atom is 0.251 e. The van der Waals surface area contributed by atoms with Gasteiger partial charge in [0.05, 0.1) is 0 Å². The molecule has 0 radical (unpaired) electrons. The van der Waals surface area contributed by atoms with Crippen molar-refractivity contribution >= 4 is 11.6 Å². The van der Waals surface area contributed by atoms with Crippen molar-refractivity contribution in [3.8, 4) is 0 Å². The molecule has 2 aromatic carbocycles. The van der Waals surface area contributed by atoms with E-state index in [0.29, 0.717) is 12.1 Å². The molecule has 0 aliphatic heterocycles. The van der Waals surface area contributed by atoms with Crippen molar-refractivity contribution in [1.29, 1.82) is 0 Å². The van der Waals surface area contributed by atoms with Crippen LogP contribution in [0.3, 0.4) is 0 Å². The van der Waals surface area contributed by atoms with E-state index in [2.05, 4.69) is 41.1 Å². The Kier molecular flexibility index (Phi) is 6.21. The molecule has 0 unspecified atom stereocenters. The highest BCUT2D eigenvalue weighted by atomic mass is 16.1. The lowest BCUT2D eigenvalue weighted by atomic mass is 10.0. The van der Waals surface area contributed by atoms with Crippen molar-refractivity contribution in [3.63, 3.8) is 0 Å². The second-order valence-corrected chi connectivity index (χ2v) is 7.28. The fraction of sp³-hybridized carbons (Fsp3) is 0.381. The standard InChI is InChI=1S/C21H29N3O/c1-21(2,23(3)4)16-22-20(25)18-12-9-13-19(14-18)24(5)15-17-10-7-6-8-11-17/h6-14H,15-16H2,1-5H3,(H,22,25). The summed E-state index contributed by atoms with van der Waals surface area (Å²) in [7, 11) is 6.08. The smallest absolute Gasteiger partial charge is 0.251 e. The summed E-state index contributed by atoms with van der Waals surface area (Å²) >= 11 is 0. The number of hydrogen-bond acceptors (Lipinski definition) is 3. The molecule has 0 heterocycles. The molecule has 0 aliphatic carbocycles. The maximum atomic E-state index is 12.5. The highest BCUT2D eigenvalue weighted by molar-refractivity contribution is 5.95. The van der Waals surface area contributed by atoms with Crippen molar-refractivity contribution in [2.24, 2.45) is 0 Å². The molecule has 0 aromatic heterocycles. The molecule has 1 N–H and O–H groups in total. The summed E-state index contributed by atoms with van der Waals surface area (Å²) < 4.78 is 0. The molecule has 0 fully saturated rings. The highest BCUT2D eigenvalue weighted by Crippen LogP contribution is 2.18. The molecule has 2 rings (SSSR count). The van der Waals surface area contributed by atoms with E-state index in [1.807, 2.05) is 63.6 Å². The van der Waals surface area contributed by atoms with Gasteiger partial charge in [-0.1, -0.05) is 36.4 Å². The SMILES string of the molecule is CN(Cc1ccccc1)c1cccc(C(=O)NCC(C)(C)N(C)C)c1. The Balaban J connectivity index is 2.04. The Morgan fingerprint density at radius 2 is 1.68 bits per heavy atom. The number of amides is 1. The van der Waals surface area contributed by atoms with Crippen molar-refractivity contribution in [2.75, 3.05) is 32.6 Å². The number of hydrogen-bond donors (Lipinski definition) is 1. The van der Waals surface area contributed by atoms with Crippen LogP contribution in [-0.2, 0) is 6.54 Å². The van der Waals surface area contributed by atoms with Crippen LogP contribution in [0.1, 0.15) is 29.8 Å². The monoisotopic (exact) mass is 339 g/mol. The minimum Gasteiger partial charge on any atom is -0.370 e. The molecular formula is C21H29N3O. The number of nitrogens with one attached hydrogen (secondary N) is 1. The minimum atomic E-state index is -0.0859. The number of carbonyl (C=O) groups excluding carboxylic acids is 1. The Labute approximate surface area is 151 Å². The average Bonchev–Trinajstić information content (AvgIpc) is 2.60. The normalized spacial score (nSPS) is 11.4. The summed E-state index contributed by atoms with van der Waals surface area (Å²) in [4.78, 5) is 16.8. The summed E-state index contributed by atoms with van der Waals surface area (Å²) in [5.74, 6) is -0.0371. The van der Waals surface area contributed by atoms with E-state index in [9.17, 15) is 4.79 Å². The average molecular weight is 339 g/mol. The van der Waals surface area contributed by atoms with Crippen LogP contribution in [0.5, 0.6) is 0 Å². The van der Waals surface area contributed by atoms with E-state index in [4.69, 9.17) is 0 Å². The second-order valence-electron chi connectivity index (χ2n) is 7.28. The number of anilines is 1. The van der Waals surface area contributed by atoms with Crippen LogP contribution < -0.4 is 10.2 Å². The predicted octanol–water partition coefficient (Wildman–Crippen LogP) is 3.39. The lowest BCUT2D eigenvalue weighted by Gasteiger charge is -2.32. The van der Waals surface area contributed by atoms with E-state index in [1.165, 1.54) is 5.56 Å². The number of carbonyl (C=O) groups is 1. The zero-order valence-corrected chi connectivity index (χ0v) is 15.9. The molecule has 0 saturated carbocycles. The third-order valence-corrected chi connectivity index (χ3v) is 4.70. The first-order valence-electron chi connectivity index (χ1n) is 8.60. The lowest BCUT2D eigenvalue weighted by Crippen LogP contribution is -2.48. The zero-order valence-electron chi connectivity index (χ0n) is 15.9. The van der Waals surface area contributed by atoms with Gasteiger partial charge in [-0.15, -0.1) is 0 Å². The van der Waals surface area contributed by atoms with E-state index in [-0.39, 0.29) is 11.4 Å². The molecule has 0 saturated heterocycles. The number of rotatable bonds is 7. The summed E-state index contributed by atoms with van der Waals surface area (Å²) in [5, 5.41) is 3.04. The molecule has 0 aliphatic rings. The van der Waals surface area contributed by atoms with Crippen molar-refractivity contribution in [3.05, 3.63) is 65.7 Å². The first kappa shape index (κ1) is 19.0. The highest BCUT2D eigenvalue weighted by Gasteiger charge is 2.21. The van der Waals surface area contributed by atoms with Gasteiger partial charge < -0.3 is 15.1 Å². The molecule has 25 heavy (non-hydrogen) atoms. The molecule has 0 atom stereocenters. The largest absolute Gasteiger partial charge is 0.370 e. The Hall–Kier alpha value is -2.33. The van der Waals surface area contributed by atoms with Crippen LogP contribution in [-0.4, -0.2) is 44.0 Å². The Morgan fingerprint density at radius 1 is 1.00 bits per heavy atom. The van der Waals surface area contributed by atoms with Gasteiger partial charge in [0.2, 0.25) is 0 Å². The topological polar surface area (TPSA) is 35.6 Å². The van der Waals surface area contributed by atoms with Crippen LogP contribution in [0.4, 0.5) is 5.69 Å². The zero-order chi connectivity index (χ0) is 18.4. The molecule has 1 amide bonds. The van der Waals surface area contributed by atoms with Gasteiger partial charge in [0.15, 0.2) is 0 Å². The Morgan fingerprint density at radius 3 is 2.32 bits per heavy atom. The van der Waals surface area contributed by atoms with Crippen LogP contribution in [0.15, 0.2) is 54.6 Å². The fourth-order valence-corrected chi connectivity index (χ4v) is 2.39. The number of benzene rings is 2. The van der Waals surface area contributed by atoms with Gasteiger partial charge in [0.1, 0.15) is 0 Å². The van der Waals surface area contributed by atoms with Gasteiger partial charge in [-0.25, -0.2) is 0 Å². The molecular weight excluding hydrogens is 310 g/mol. The van der Waals surface area contributed by atoms with E-state index in [0.717, 1.165) is 12.2 Å². The van der Waals surface area contributed by atoms with Gasteiger partial charge in [0.25, 0.3) is 5.91 Å². The molecule has 2 aromatic rings. The molecule has 4 heteroatoms.